The van der Waals surface area contributed by atoms with Crippen LogP contribution in [0.4, 0.5) is 5.69 Å². The van der Waals surface area contributed by atoms with Gasteiger partial charge in [0.05, 0.1) is 14.2 Å². The third kappa shape index (κ3) is 3.13. The van der Waals surface area contributed by atoms with Gasteiger partial charge in [0.1, 0.15) is 6.54 Å². The maximum absolute atomic E-state index is 11.4. The molecule has 1 aromatic rings. The van der Waals surface area contributed by atoms with Crippen LogP contribution in [-0.2, 0) is 9.59 Å². The Bertz CT molecular complexity index is 458. The summed E-state index contributed by atoms with van der Waals surface area (Å²) in [6.45, 7) is 0.907. The van der Waals surface area contributed by atoms with Crippen molar-refractivity contribution in [2.75, 3.05) is 25.7 Å². The van der Waals surface area contributed by atoms with Crippen molar-refractivity contribution in [3.63, 3.8) is 0 Å². The number of carbonyl (C=O) groups excluding carboxylic acids is 1. The van der Waals surface area contributed by atoms with E-state index < -0.39 is 12.5 Å². The van der Waals surface area contributed by atoms with Crippen molar-refractivity contribution in [1.29, 1.82) is 0 Å². The van der Waals surface area contributed by atoms with Crippen LogP contribution in [-0.4, -0.2) is 37.7 Å². The van der Waals surface area contributed by atoms with E-state index in [0.29, 0.717) is 17.2 Å². The van der Waals surface area contributed by atoms with Crippen LogP contribution in [0.1, 0.15) is 6.92 Å². The summed E-state index contributed by atoms with van der Waals surface area (Å²) < 4.78 is 10.2. The van der Waals surface area contributed by atoms with Crippen LogP contribution in [0.5, 0.6) is 11.5 Å². The van der Waals surface area contributed by atoms with E-state index in [-0.39, 0.29) is 5.91 Å². The molecule has 0 spiro atoms. The fourth-order valence-corrected chi connectivity index (χ4v) is 1.51. The summed E-state index contributed by atoms with van der Waals surface area (Å²) in [7, 11) is 2.97. The van der Waals surface area contributed by atoms with Gasteiger partial charge in [-0.15, -0.1) is 0 Å². The predicted octanol–water partition coefficient (Wildman–Crippen LogP) is 1.14. The molecule has 0 atom stereocenters. The van der Waals surface area contributed by atoms with Crippen molar-refractivity contribution < 1.29 is 24.2 Å². The SMILES string of the molecule is COc1ccc(N(CC(=O)O)C(C)=O)cc1OC. The third-order valence-corrected chi connectivity index (χ3v) is 2.35. The average Bonchev–Trinajstić information content (AvgIpc) is 2.34. The Morgan fingerprint density at radius 3 is 2.28 bits per heavy atom. The van der Waals surface area contributed by atoms with Gasteiger partial charge in [0.25, 0.3) is 0 Å². The molecule has 0 unspecified atom stereocenters. The molecule has 0 aliphatic carbocycles. The lowest BCUT2D eigenvalue weighted by atomic mass is 10.2. The van der Waals surface area contributed by atoms with Crippen LogP contribution in [0, 0.1) is 0 Å². The van der Waals surface area contributed by atoms with Gasteiger partial charge in [0, 0.05) is 18.7 Å². The standard InChI is InChI=1S/C12H15NO5/c1-8(14)13(7-12(15)16)9-4-5-10(17-2)11(6-9)18-3/h4-6H,7H2,1-3H3,(H,15,16). The molecule has 0 saturated heterocycles. The summed E-state index contributed by atoms with van der Waals surface area (Å²) in [4.78, 5) is 23.3. The van der Waals surface area contributed by atoms with Gasteiger partial charge in [-0.25, -0.2) is 0 Å². The molecule has 0 radical (unpaired) electrons. The molecule has 1 aromatic carbocycles. The Balaban J connectivity index is 3.13. The summed E-state index contributed by atoms with van der Waals surface area (Å²) in [6.07, 6.45) is 0. The highest BCUT2D eigenvalue weighted by molar-refractivity contribution is 5.96. The molecule has 6 heteroatoms. The molecule has 0 heterocycles. The van der Waals surface area contributed by atoms with Crippen LogP contribution in [0.25, 0.3) is 0 Å². The zero-order valence-corrected chi connectivity index (χ0v) is 10.5. The lowest BCUT2D eigenvalue weighted by Crippen LogP contribution is -2.33. The van der Waals surface area contributed by atoms with Gasteiger partial charge in [-0.3, -0.25) is 9.59 Å². The first-order chi connectivity index (χ1) is 8.49. The van der Waals surface area contributed by atoms with Crippen molar-refractivity contribution in [1.82, 2.24) is 0 Å². The van der Waals surface area contributed by atoms with Gasteiger partial charge in [-0.05, 0) is 12.1 Å². The van der Waals surface area contributed by atoms with E-state index in [1.807, 2.05) is 0 Å². The van der Waals surface area contributed by atoms with Gasteiger partial charge in [-0.1, -0.05) is 0 Å². The monoisotopic (exact) mass is 253 g/mol. The predicted molar refractivity (Wildman–Crippen MR) is 65.2 cm³/mol. The van der Waals surface area contributed by atoms with Gasteiger partial charge in [-0.2, -0.15) is 0 Å². The van der Waals surface area contributed by atoms with E-state index in [2.05, 4.69) is 0 Å². The van der Waals surface area contributed by atoms with Gasteiger partial charge in [0.2, 0.25) is 5.91 Å². The van der Waals surface area contributed by atoms with Crippen LogP contribution in [0.2, 0.25) is 0 Å². The fourth-order valence-electron chi connectivity index (χ4n) is 1.51. The number of carbonyl (C=O) groups is 2. The minimum absolute atomic E-state index is 0.357. The Labute approximate surface area is 105 Å². The highest BCUT2D eigenvalue weighted by atomic mass is 16.5. The quantitative estimate of drug-likeness (QED) is 0.851. The summed E-state index contributed by atoms with van der Waals surface area (Å²) in [5, 5.41) is 8.77. The topological polar surface area (TPSA) is 76.1 Å². The number of rotatable bonds is 5. The Morgan fingerprint density at radius 2 is 1.83 bits per heavy atom. The summed E-state index contributed by atoms with van der Waals surface area (Å²) in [6, 6.07) is 4.78. The summed E-state index contributed by atoms with van der Waals surface area (Å²) in [5.74, 6) is -0.490. The molecular formula is C12H15NO5. The van der Waals surface area contributed by atoms with Crippen LogP contribution >= 0.6 is 0 Å². The van der Waals surface area contributed by atoms with E-state index in [4.69, 9.17) is 14.6 Å². The van der Waals surface area contributed by atoms with Crippen molar-refractivity contribution >= 4 is 17.6 Å². The fraction of sp³-hybridized carbons (Fsp3) is 0.333. The minimum Gasteiger partial charge on any atom is -0.493 e. The highest BCUT2D eigenvalue weighted by Gasteiger charge is 2.17. The first-order valence-corrected chi connectivity index (χ1v) is 5.21. The lowest BCUT2D eigenvalue weighted by Gasteiger charge is -2.20. The third-order valence-electron chi connectivity index (χ3n) is 2.35. The van der Waals surface area contributed by atoms with Crippen LogP contribution in [0.3, 0.4) is 0 Å². The number of anilines is 1. The summed E-state index contributed by atoms with van der Waals surface area (Å²) in [5.41, 5.74) is 0.447. The normalized spacial score (nSPS) is 9.72. The Hall–Kier alpha value is -2.24. The largest absolute Gasteiger partial charge is 0.493 e. The number of carboxylic acid groups (broad SMARTS) is 1. The van der Waals surface area contributed by atoms with E-state index in [1.54, 1.807) is 18.2 Å². The maximum Gasteiger partial charge on any atom is 0.323 e. The number of hydrogen-bond donors (Lipinski definition) is 1. The molecule has 0 saturated carbocycles. The van der Waals surface area contributed by atoms with Crippen molar-refractivity contribution in [3.05, 3.63) is 18.2 Å². The summed E-state index contributed by atoms with van der Waals surface area (Å²) >= 11 is 0. The second-order valence-electron chi connectivity index (χ2n) is 3.54. The van der Waals surface area contributed by atoms with Crippen molar-refractivity contribution in [2.24, 2.45) is 0 Å². The smallest absolute Gasteiger partial charge is 0.323 e. The lowest BCUT2D eigenvalue weighted by molar-refractivity contribution is -0.136. The number of ether oxygens (including phenoxy) is 2. The molecule has 0 aliphatic rings. The number of nitrogens with zero attached hydrogens (tertiary/aromatic N) is 1. The van der Waals surface area contributed by atoms with E-state index in [0.717, 1.165) is 4.90 Å². The zero-order valence-electron chi connectivity index (χ0n) is 10.5. The molecular weight excluding hydrogens is 238 g/mol. The van der Waals surface area contributed by atoms with E-state index in [1.165, 1.54) is 21.1 Å². The minimum atomic E-state index is -1.08. The highest BCUT2D eigenvalue weighted by Crippen LogP contribution is 2.31. The Morgan fingerprint density at radius 1 is 1.22 bits per heavy atom. The van der Waals surface area contributed by atoms with Crippen LogP contribution < -0.4 is 14.4 Å². The second kappa shape index (κ2) is 5.90. The maximum atomic E-state index is 11.4. The molecule has 0 aliphatic heterocycles. The molecule has 6 nitrogen and oxygen atoms in total. The molecule has 1 amide bonds. The van der Waals surface area contributed by atoms with Crippen molar-refractivity contribution in [2.45, 2.75) is 6.92 Å². The number of methoxy groups -OCH3 is 2. The number of carboxylic acids is 1. The first kappa shape index (κ1) is 13.8. The van der Waals surface area contributed by atoms with Gasteiger partial charge < -0.3 is 19.5 Å². The molecule has 0 fully saturated rings. The molecule has 1 rings (SSSR count). The van der Waals surface area contributed by atoms with Crippen molar-refractivity contribution in [3.8, 4) is 11.5 Å². The average molecular weight is 253 g/mol. The zero-order chi connectivity index (χ0) is 13.7. The molecule has 0 aromatic heterocycles. The van der Waals surface area contributed by atoms with E-state index >= 15 is 0 Å². The first-order valence-electron chi connectivity index (χ1n) is 5.21. The van der Waals surface area contributed by atoms with Gasteiger partial charge >= 0.3 is 5.97 Å². The number of aliphatic carboxylic acids is 1. The van der Waals surface area contributed by atoms with E-state index in [9.17, 15) is 9.59 Å². The number of amides is 1. The molecule has 1 N–H and O–H groups in total. The number of hydrogen-bond acceptors (Lipinski definition) is 4. The number of benzene rings is 1. The Kier molecular flexibility index (Phi) is 4.53. The molecule has 18 heavy (non-hydrogen) atoms. The van der Waals surface area contributed by atoms with Crippen LogP contribution in [0.15, 0.2) is 18.2 Å². The van der Waals surface area contributed by atoms with Gasteiger partial charge in [0.15, 0.2) is 11.5 Å². The second-order valence-corrected chi connectivity index (χ2v) is 3.54. The molecule has 98 valence electrons. The molecule has 0 bridgehead atoms.